The first kappa shape index (κ1) is 13.1. The largest absolute Gasteiger partial charge is 0.493 e. The van der Waals surface area contributed by atoms with Crippen LogP contribution in [0.2, 0.25) is 5.02 Å². The van der Waals surface area contributed by atoms with Gasteiger partial charge in [0.1, 0.15) is 5.75 Å². The number of para-hydroxylation sites is 1. The molecule has 1 aliphatic rings. The minimum atomic E-state index is 0.0547. The number of rotatable bonds is 3. The number of carbonyl (C=O) groups is 1. The second-order valence-electron chi connectivity index (χ2n) is 4.85. The molecule has 0 saturated heterocycles. The Hall–Kier alpha value is -1.87. The summed E-state index contributed by atoms with van der Waals surface area (Å²) >= 11 is 6.03. The van der Waals surface area contributed by atoms with Crippen molar-refractivity contribution in [3.05, 3.63) is 58.9 Å². The highest BCUT2D eigenvalue weighted by molar-refractivity contribution is 6.33. The van der Waals surface area contributed by atoms with E-state index < -0.39 is 0 Å². The highest BCUT2D eigenvalue weighted by atomic mass is 35.5. The zero-order valence-electron chi connectivity index (χ0n) is 10.9. The molecule has 1 atom stereocenters. The molecule has 1 aromatic carbocycles. The lowest BCUT2D eigenvalue weighted by atomic mass is 9.87. The Balaban J connectivity index is 1.83. The molecule has 0 spiro atoms. The van der Waals surface area contributed by atoms with Crippen LogP contribution in [0.5, 0.6) is 5.75 Å². The van der Waals surface area contributed by atoms with Gasteiger partial charge in [-0.1, -0.05) is 29.8 Å². The number of ketones is 1. The highest BCUT2D eigenvalue weighted by Crippen LogP contribution is 2.36. The standard InChI is InChI=1S/C16H14ClNO2/c17-14-10-18-7-5-13(14)15(19)9-11-6-8-20-16-4-2-1-3-12(11)16/h1-5,7,10-11H,6,8-9H2. The van der Waals surface area contributed by atoms with Gasteiger partial charge in [-0.3, -0.25) is 9.78 Å². The van der Waals surface area contributed by atoms with E-state index in [9.17, 15) is 4.79 Å². The maximum Gasteiger partial charge on any atom is 0.165 e. The summed E-state index contributed by atoms with van der Waals surface area (Å²) in [4.78, 5) is 16.3. The van der Waals surface area contributed by atoms with Gasteiger partial charge in [-0.2, -0.15) is 0 Å². The summed E-state index contributed by atoms with van der Waals surface area (Å²) in [6.07, 6.45) is 4.40. The number of hydrogen-bond donors (Lipinski definition) is 0. The van der Waals surface area contributed by atoms with E-state index in [0.717, 1.165) is 17.7 Å². The number of benzene rings is 1. The van der Waals surface area contributed by atoms with Crippen LogP contribution in [-0.4, -0.2) is 17.4 Å². The van der Waals surface area contributed by atoms with E-state index in [4.69, 9.17) is 16.3 Å². The molecule has 1 aliphatic heterocycles. The average Bonchev–Trinajstić information content (AvgIpc) is 2.48. The van der Waals surface area contributed by atoms with Crippen LogP contribution in [-0.2, 0) is 0 Å². The number of nitrogens with zero attached hydrogens (tertiary/aromatic N) is 1. The van der Waals surface area contributed by atoms with Gasteiger partial charge < -0.3 is 4.74 Å². The normalized spacial score (nSPS) is 17.1. The molecule has 0 radical (unpaired) electrons. The molecule has 2 aromatic rings. The zero-order chi connectivity index (χ0) is 13.9. The predicted octanol–water partition coefficient (Wildman–Crippen LogP) is 3.87. The molecule has 0 bridgehead atoms. The quantitative estimate of drug-likeness (QED) is 0.804. The van der Waals surface area contributed by atoms with Crippen molar-refractivity contribution in [1.82, 2.24) is 4.98 Å². The molecule has 2 heterocycles. The molecular weight excluding hydrogens is 274 g/mol. The first-order valence-electron chi connectivity index (χ1n) is 6.60. The fraction of sp³-hybridized carbons (Fsp3) is 0.250. The summed E-state index contributed by atoms with van der Waals surface area (Å²) in [6, 6.07) is 9.58. The zero-order valence-corrected chi connectivity index (χ0v) is 11.6. The first-order chi connectivity index (χ1) is 9.75. The molecule has 0 N–H and O–H groups in total. The number of pyridine rings is 1. The Morgan fingerprint density at radius 2 is 2.20 bits per heavy atom. The van der Waals surface area contributed by atoms with Crippen molar-refractivity contribution >= 4 is 17.4 Å². The third-order valence-electron chi connectivity index (χ3n) is 3.59. The Morgan fingerprint density at radius 3 is 3.05 bits per heavy atom. The van der Waals surface area contributed by atoms with Crippen molar-refractivity contribution < 1.29 is 9.53 Å². The van der Waals surface area contributed by atoms with Crippen LogP contribution < -0.4 is 4.74 Å². The number of hydrogen-bond acceptors (Lipinski definition) is 3. The van der Waals surface area contributed by atoms with Crippen LogP contribution in [0.25, 0.3) is 0 Å². The fourth-order valence-corrected chi connectivity index (χ4v) is 2.79. The summed E-state index contributed by atoms with van der Waals surface area (Å²) in [5.74, 6) is 1.13. The summed E-state index contributed by atoms with van der Waals surface area (Å²) in [6.45, 7) is 0.652. The maximum absolute atomic E-state index is 12.4. The van der Waals surface area contributed by atoms with Gasteiger partial charge >= 0.3 is 0 Å². The van der Waals surface area contributed by atoms with Crippen molar-refractivity contribution in [3.8, 4) is 5.75 Å². The van der Waals surface area contributed by atoms with Gasteiger partial charge in [-0.25, -0.2) is 0 Å². The van der Waals surface area contributed by atoms with Crippen molar-refractivity contribution in [2.75, 3.05) is 6.61 Å². The molecule has 102 valence electrons. The predicted molar refractivity (Wildman–Crippen MR) is 77.5 cm³/mol. The van der Waals surface area contributed by atoms with Gasteiger partial charge in [-0.05, 0) is 30.0 Å². The number of carbonyl (C=O) groups excluding carboxylic acids is 1. The monoisotopic (exact) mass is 287 g/mol. The lowest BCUT2D eigenvalue weighted by Crippen LogP contribution is -2.17. The van der Waals surface area contributed by atoms with Crippen LogP contribution in [0, 0.1) is 0 Å². The molecule has 0 aliphatic carbocycles. The molecule has 3 nitrogen and oxygen atoms in total. The SMILES string of the molecule is O=C(CC1CCOc2ccccc21)c1ccncc1Cl. The van der Waals surface area contributed by atoms with E-state index in [2.05, 4.69) is 4.98 Å². The molecule has 4 heteroatoms. The van der Waals surface area contributed by atoms with Gasteiger partial charge in [0.25, 0.3) is 0 Å². The maximum atomic E-state index is 12.4. The van der Waals surface area contributed by atoms with Crippen LogP contribution in [0.3, 0.4) is 0 Å². The Bertz CT molecular complexity index is 642. The van der Waals surface area contributed by atoms with E-state index in [1.54, 1.807) is 12.3 Å². The third-order valence-corrected chi connectivity index (χ3v) is 3.89. The summed E-state index contributed by atoms with van der Waals surface area (Å²) < 4.78 is 5.62. The molecular formula is C16H14ClNO2. The molecule has 20 heavy (non-hydrogen) atoms. The summed E-state index contributed by atoms with van der Waals surface area (Å²) in [5.41, 5.74) is 1.66. The second-order valence-corrected chi connectivity index (χ2v) is 5.26. The van der Waals surface area contributed by atoms with E-state index >= 15 is 0 Å². The molecule has 0 amide bonds. The lowest BCUT2D eigenvalue weighted by Gasteiger charge is -2.25. The Labute approximate surface area is 122 Å². The Kier molecular flexibility index (Phi) is 3.70. The number of aromatic nitrogens is 1. The van der Waals surface area contributed by atoms with E-state index in [-0.39, 0.29) is 11.7 Å². The highest BCUT2D eigenvalue weighted by Gasteiger charge is 2.24. The smallest absolute Gasteiger partial charge is 0.165 e. The minimum Gasteiger partial charge on any atom is -0.493 e. The van der Waals surface area contributed by atoms with E-state index in [1.165, 1.54) is 6.20 Å². The Morgan fingerprint density at radius 1 is 1.35 bits per heavy atom. The first-order valence-corrected chi connectivity index (χ1v) is 6.98. The van der Waals surface area contributed by atoms with E-state index in [1.807, 2.05) is 24.3 Å². The summed E-state index contributed by atoms with van der Waals surface area (Å²) in [7, 11) is 0. The lowest BCUT2D eigenvalue weighted by molar-refractivity contribution is 0.0966. The molecule has 3 rings (SSSR count). The van der Waals surface area contributed by atoms with Crippen LogP contribution in [0.15, 0.2) is 42.7 Å². The van der Waals surface area contributed by atoms with Crippen LogP contribution in [0.4, 0.5) is 0 Å². The van der Waals surface area contributed by atoms with Crippen molar-refractivity contribution in [2.24, 2.45) is 0 Å². The van der Waals surface area contributed by atoms with Crippen LogP contribution in [0.1, 0.15) is 34.7 Å². The number of fused-ring (bicyclic) bond motifs is 1. The fourth-order valence-electron chi connectivity index (χ4n) is 2.56. The van der Waals surface area contributed by atoms with Gasteiger partial charge in [0, 0.05) is 24.4 Å². The minimum absolute atomic E-state index is 0.0547. The van der Waals surface area contributed by atoms with Crippen molar-refractivity contribution in [2.45, 2.75) is 18.8 Å². The molecule has 0 saturated carbocycles. The summed E-state index contributed by atoms with van der Waals surface area (Å²) in [5, 5.41) is 0.415. The number of ether oxygens (including phenoxy) is 1. The molecule has 1 aromatic heterocycles. The second kappa shape index (κ2) is 5.63. The van der Waals surface area contributed by atoms with E-state index in [0.29, 0.717) is 23.6 Å². The van der Waals surface area contributed by atoms with Gasteiger partial charge in [0.15, 0.2) is 5.78 Å². The van der Waals surface area contributed by atoms with Crippen molar-refractivity contribution in [1.29, 1.82) is 0 Å². The average molecular weight is 288 g/mol. The molecule has 1 unspecified atom stereocenters. The molecule has 0 fully saturated rings. The third kappa shape index (κ3) is 2.54. The van der Waals surface area contributed by atoms with Gasteiger partial charge in [0.2, 0.25) is 0 Å². The topological polar surface area (TPSA) is 39.2 Å². The number of halogens is 1. The van der Waals surface area contributed by atoms with Gasteiger partial charge in [0.05, 0.1) is 11.6 Å². The van der Waals surface area contributed by atoms with Crippen LogP contribution >= 0.6 is 11.6 Å². The van der Waals surface area contributed by atoms with Gasteiger partial charge in [-0.15, -0.1) is 0 Å². The van der Waals surface area contributed by atoms with Crippen molar-refractivity contribution in [3.63, 3.8) is 0 Å². The number of Topliss-reactive ketones (excluding diaryl/α,β-unsaturated/α-hetero) is 1.